The smallest absolute Gasteiger partial charge is 0.194 e. The third-order valence-electron chi connectivity index (χ3n) is 12.1. The van der Waals surface area contributed by atoms with Crippen LogP contribution in [0, 0.1) is 0 Å². The van der Waals surface area contributed by atoms with Crippen molar-refractivity contribution in [3.63, 3.8) is 0 Å². The first-order valence-electron chi connectivity index (χ1n) is 16.9. The molecule has 7 aromatic rings. The fourth-order valence-corrected chi connectivity index (χ4v) is 10.2. The lowest BCUT2D eigenvalue weighted by molar-refractivity contribution is 0.0979. The van der Waals surface area contributed by atoms with Gasteiger partial charge >= 0.3 is 0 Å². The highest BCUT2D eigenvalue weighted by atomic mass is 16.1. The van der Waals surface area contributed by atoms with Gasteiger partial charge < -0.3 is 0 Å². The van der Waals surface area contributed by atoms with Crippen molar-refractivity contribution in [1.82, 2.24) is 0 Å². The molecule has 0 heterocycles. The zero-order chi connectivity index (χ0) is 31.4. The molecule has 0 N–H and O–H groups in total. The molecule has 2 heteroatoms. The number of rotatable bonds is 0. The van der Waals surface area contributed by atoms with Gasteiger partial charge in [-0.3, -0.25) is 9.59 Å². The van der Waals surface area contributed by atoms with Gasteiger partial charge in [-0.25, -0.2) is 0 Å². The monoisotopic (exact) mass is 610 g/mol. The van der Waals surface area contributed by atoms with Crippen molar-refractivity contribution in [2.24, 2.45) is 0 Å². The van der Waals surface area contributed by atoms with Crippen molar-refractivity contribution in [1.29, 1.82) is 0 Å². The van der Waals surface area contributed by atoms with Gasteiger partial charge in [0.05, 0.1) is 0 Å². The summed E-state index contributed by atoms with van der Waals surface area (Å²) < 4.78 is 0. The lowest BCUT2D eigenvalue weighted by Crippen LogP contribution is -2.30. The van der Waals surface area contributed by atoms with Crippen LogP contribution in [0.15, 0.2) is 133 Å². The Balaban J connectivity index is 1.05. The van der Waals surface area contributed by atoms with Crippen LogP contribution in [0.2, 0.25) is 0 Å². The molecular formula is C46H26O2. The number of fused-ring (bicyclic) bond motifs is 3. The van der Waals surface area contributed by atoms with Gasteiger partial charge in [0.25, 0.3) is 0 Å². The topological polar surface area (TPSA) is 34.1 Å². The molecule has 48 heavy (non-hydrogen) atoms. The van der Waals surface area contributed by atoms with Crippen molar-refractivity contribution < 1.29 is 9.59 Å². The maximum Gasteiger partial charge on any atom is 0.194 e. The van der Waals surface area contributed by atoms with Crippen molar-refractivity contribution in [2.45, 2.75) is 23.7 Å². The maximum atomic E-state index is 14.5. The van der Waals surface area contributed by atoms with E-state index in [9.17, 15) is 9.59 Å². The molecule has 0 saturated carbocycles. The van der Waals surface area contributed by atoms with Crippen LogP contribution in [-0.2, 0) is 0 Å². The lowest BCUT2D eigenvalue weighted by atomic mass is 9.60. The van der Waals surface area contributed by atoms with Crippen LogP contribution in [-0.4, -0.2) is 11.6 Å². The largest absolute Gasteiger partial charge is 0.289 e. The predicted octanol–water partition coefficient (Wildman–Crippen LogP) is 9.59. The fourth-order valence-electron chi connectivity index (χ4n) is 10.2. The van der Waals surface area contributed by atoms with Crippen molar-refractivity contribution in [3.05, 3.63) is 222 Å². The zero-order valence-corrected chi connectivity index (χ0v) is 25.8. The number of benzene rings is 7. The van der Waals surface area contributed by atoms with Gasteiger partial charge in [0.2, 0.25) is 0 Å². The summed E-state index contributed by atoms with van der Waals surface area (Å²) in [6.07, 6.45) is 0. The highest BCUT2D eigenvalue weighted by Gasteiger charge is 2.44. The molecule has 0 radical (unpaired) electrons. The normalized spacial score (nSPS) is 21.0. The van der Waals surface area contributed by atoms with Gasteiger partial charge in [0.15, 0.2) is 11.6 Å². The Morgan fingerprint density at radius 3 is 0.771 bits per heavy atom. The van der Waals surface area contributed by atoms with Gasteiger partial charge in [0.1, 0.15) is 0 Å². The Kier molecular flexibility index (Phi) is 4.49. The third-order valence-corrected chi connectivity index (χ3v) is 12.1. The van der Waals surface area contributed by atoms with Gasteiger partial charge in [-0.2, -0.15) is 0 Å². The molecule has 7 aliphatic rings. The molecule has 0 atom stereocenters. The zero-order valence-electron chi connectivity index (χ0n) is 25.8. The molecule has 14 rings (SSSR count). The van der Waals surface area contributed by atoms with Gasteiger partial charge in [-0.15, -0.1) is 0 Å². The summed E-state index contributed by atoms with van der Waals surface area (Å²) in [7, 11) is 0. The molecule has 0 spiro atoms. The second-order valence-corrected chi connectivity index (χ2v) is 14.2. The van der Waals surface area contributed by atoms with E-state index in [1.54, 1.807) is 0 Å². The Labute approximate surface area is 277 Å². The second kappa shape index (κ2) is 8.53. The summed E-state index contributed by atoms with van der Waals surface area (Å²) in [6.45, 7) is 0. The fraction of sp³-hybridized carbons (Fsp3) is 0.0870. The number of hydrogen-bond acceptors (Lipinski definition) is 2. The second-order valence-electron chi connectivity index (χ2n) is 14.2. The molecule has 0 aliphatic heterocycles. The minimum absolute atomic E-state index is 0.0521. The van der Waals surface area contributed by atoms with Crippen LogP contribution in [0.4, 0.5) is 0 Å². The van der Waals surface area contributed by atoms with E-state index in [0.29, 0.717) is 22.3 Å². The van der Waals surface area contributed by atoms with Crippen LogP contribution in [0.5, 0.6) is 0 Å². The first kappa shape index (κ1) is 25.3. The summed E-state index contributed by atoms with van der Waals surface area (Å²) in [5.41, 5.74) is 17.7. The number of carbonyl (C=O) groups excluding carboxylic acids is 2. The lowest BCUT2D eigenvalue weighted by Gasteiger charge is -2.43. The maximum absolute atomic E-state index is 14.5. The SMILES string of the molecule is O=C1c2cc3c(cc2C(=O)c2cc4cc5c(cc4cc21)C1c2ccccc2C5c2ccccc21)C1c2ccccc2C3c2ccccc21. The van der Waals surface area contributed by atoms with Crippen molar-refractivity contribution >= 4 is 22.3 Å². The van der Waals surface area contributed by atoms with Gasteiger partial charge in [-0.1, -0.05) is 97.1 Å². The Morgan fingerprint density at radius 1 is 0.271 bits per heavy atom. The van der Waals surface area contributed by atoms with E-state index >= 15 is 0 Å². The molecule has 0 unspecified atom stereocenters. The van der Waals surface area contributed by atoms with E-state index < -0.39 is 0 Å². The standard InChI is InChI=1S/C46H26O2/c47-45-37-19-23-17-33-34(42-26-10-2-1-9-25(26)41(33)27-11-3-4-12-28(27)42)18-24(23)20-38(37)46(48)40-22-36-35(21-39(40)45)43-29-13-5-7-15-31(29)44(36)32-16-8-6-14-30(32)43/h1-22,41-44H. The van der Waals surface area contributed by atoms with Crippen LogP contribution < -0.4 is 0 Å². The molecule has 222 valence electrons. The summed E-state index contributed by atoms with van der Waals surface area (Å²) in [5.74, 6) is 0.310. The average Bonchev–Trinajstić information content (AvgIpc) is 3.14. The minimum Gasteiger partial charge on any atom is -0.289 e. The number of ketones is 2. The molecule has 7 aliphatic carbocycles. The van der Waals surface area contributed by atoms with E-state index in [4.69, 9.17) is 0 Å². The highest BCUT2D eigenvalue weighted by Crippen LogP contribution is 2.58. The van der Waals surface area contributed by atoms with E-state index in [1.165, 1.54) is 55.6 Å². The molecule has 0 fully saturated rings. The van der Waals surface area contributed by atoms with E-state index in [-0.39, 0.29) is 35.2 Å². The van der Waals surface area contributed by atoms with Crippen LogP contribution >= 0.6 is 0 Å². The number of carbonyl (C=O) groups is 2. The molecule has 4 bridgehead atoms. The average molecular weight is 611 g/mol. The van der Waals surface area contributed by atoms with Gasteiger partial charge in [0, 0.05) is 45.9 Å². The Morgan fingerprint density at radius 2 is 0.500 bits per heavy atom. The molecular weight excluding hydrogens is 585 g/mol. The summed E-state index contributed by atoms with van der Waals surface area (Å²) in [6, 6.07) is 47.7. The number of hydrogen-bond donors (Lipinski definition) is 0. The highest BCUT2D eigenvalue weighted by molar-refractivity contribution is 6.29. The van der Waals surface area contributed by atoms with Gasteiger partial charge in [-0.05, 0) is 114 Å². The molecule has 2 nitrogen and oxygen atoms in total. The van der Waals surface area contributed by atoms with Crippen molar-refractivity contribution in [3.8, 4) is 0 Å². The molecule has 0 aromatic heterocycles. The first-order chi connectivity index (χ1) is 23.7. The summed E-state index contributed by atoms with van der Waals surface area (Å²) in [4.78, 5) is 28.9. The Bertz CT molecular complexity index is 2420. The van der Waals surface area contributed by atoms with E-state index in [2.05, 4.69) is 121 Å². The van der Waals surface area contributed by atoms with Crippen LogP contribution in [0.3, 0.4) is 0 Å². The predicted molar refractivity (Wildman–Crippen MR) is 187 cm³/mol. The van der Waals surface area contributed by atoms with Crippen LogP contribution in [0.1, 0.15) is 122 Å². The first-order valence-corrected chi connectivity index (χ1v) is 16.9. The minimum atomic E-state index is -0.0535. The van der Waals surface area contributed by atoms with E-state index in [1.807, 2.05) is 12.1 Å². The molecule has 0 saturated heterocycles. The molecule has 0 amide bonds. The quantitative estimate of drug-likeness (QED) is 0.171. The van der Waals surface area contributed by atoms with Crippen LogP contribution in [0.25, 0.3) is 10.8 Å². The third kappa shape index (κ3) is 2.88. The van der Waals surface area contributed by atoms with E-state index in [0.717, 1.165) is 21.9 Å². The molecule has 7 aromatic carbocycles. The Hall–Kier alpha value is -5.86. The summed E-state index contributed by atoms with van der Waals surface area (Å²) >= 11 is 0. The summed E-state index contributed by atoms with van der Waals surface area (Å²) in [5, 5.41) is 2.03. The van der Waals surface area contributed by atoms with Crippen molar-refractivity contribution in [2.75, 3.05) is 0 Å².